The molecule has 0 aromatic heterocycles. The summed E-state index contributed by atoms with van der Waals surface area (Å²) in [6, 6.07) is 42.6. The molecule has 138 valence electrons. The molecule has 1 N–H and O–H groups in total. The van der Waals surface area contributed by atoms with Crippen LogP contribution >= 0.6 is 0 Å². The summed E-state index contributed by atoms with van der Waals surface area (Å²) in [5.41, 5.74) is 7.12. The molecule has 0 heterocycles. The number of benzene rings is 5. The monoisotopic (exact) mass is 371 g/mol. The van der Waals surface area contributed by atoms with E-state index < -0.39 is 0 Å². The summed E-state index contributed by atoms with van der Waals surface area (Å²) >= 11 is 0. The standard InChI is InChI=1S/C28H21N/c1-3-11-21(12-4-1)23-19-20-28(26-17-8-7-16-25(23)26)29-27-18-10-9-15-24(27)22-13-5-2-6-14-22/h1-20,29H. The van der Waals surface area contributed by atoms with Crippen LogP contribution in [0.2, 0.25) is 0 Å². The number of rotatable bonds is 4. The van der Waals surface area contributed by atoms with E-state index in [2.05, 4.69) is 127 Å². The zero-order valence-corrected chi connectivity index (χ0v) is 16.0. The molecule has 1 heteroatoms. The third-order valence-corrected chi connectivity index (χ3v) is 5.29. The fourth-order valence-electron chi connectivity index (χ4n) is 3.88. The molecule has 0 aliphatic carbocycles. The fourth-order valence-corrected chi connectivity index (χ4v) is 3.88. The van der Waals surface area contributed by atoms with Crippen LogP contribution in [0, 0.1) is 0 Å². The summed E-state index contributed by atoms with van der Waals surface area (Å²) in [6.07, 6.45) is 0. The van der Waals surface area contributed by atoms with Gasteiger partial charge in [0.1, 0.15) is 0 Å². The highest BCUT2D eigenvalue weighted by Crippen LogP contribution is 2.36. The number of para-hydroxylation sites is 1. The van der Waals surface area contributed by atoms with Gasteiger partial charge in [0.2, 0.25) is 0 Å². The molecule has 0 radical (unpaired) electrons. The van der Waals surface area contributed by atoms with Gasteiger partial charge in [0, 0.05) is 22.3 Å². The molecule has 0 bridgehead atoms. The van der Waals surface area contributed by atoms with Crippen molar-refractivity contribution >= 4 is 22.1 Å². The Hall–Kier alpha value is -3.84. The summed E-state index contributed by atoms with van der Waals surface area (Å²) in [6.45, 7) is 0. The third kappa shape index (κ3) is 3.39. The first-order valence-corrected chi connectivity index (χ1v) is 9.89. The SMILES string of the molecule is c1ccc(-c2ccccc2Nc2ccc(-c3ccccc3)c3ccccc23)cc1. The third-order valence-electron chi connectivity index (χ3n) is 5.29. The van der Waals surface area contributed by atoms with Gasteiger partial charge in [-0.3, -0.25) is 0 Å². The van der Waals surface area contributed by atoms with E-state index in [4.69, 9.17) is 0 Å². The molecular weight excluding hydrogens is 350 g/mol. The van der Waals surface area contributed by atoms with Crippen LogP contribution in [-0.4, -0.2) is 0 Å². The van der Waals surface area contributed by atoms with E-state index in [0.717, 1.165) is 11.4 Å². The predicted octanol–water partition coefficient (Wildman–Crippen LogP) is 7.92. The maximum absolute atomic E-state index is 3.69. The first kappa shape index (κ1) is 17.3. The van der Waals surface area contributed by atoms with Crippen molar-refractivity contribution < 1.29 is 0 Å². The largest absolute Gasteiger partial charge is 0.355 e. The van der Waals surface area contributed by atoms with Crippen LogP contribution in [0.1, 0.15) is 0 Å². The fraction of sp³-hybridized carbons (Fsp3) is 0. The van der Waals surface area contributed by atoms with E-state index in [1.54, 1.807) is 0 Å². The Bertz CT molecular complexity index is 1260. The van der Waals surface area contributed by atoms with E-state index in [1.807, 2.05) is 0 Å². The van der Waals surface area contributed by atoms with Gasteiger partial charge in [-0.1, -0.05) is 109 Å². The molecule has 1 nitrogen and oxygen atoms in total. The summed E-state index contributed by atoms with van der Waals surface area (Å²) in [5, 5.41) is 6.16. The lowest BCUT2D eigenvalue weighted by atomic mass is 9.97. The summed E-state index contributed by atoms with van der Waals surface area (Å²) < 4.78 is 0. The summed E-state index contributed by atoms with van der Waals surface area (Å²) in [7, 11) is 0. The van der Waals surface area contributed by atoms with Crippen molar-refractivity contribution in [2.24, 2.45) is 0 Å². The van der Waals surface area contributed by atoms with Crippen molar-refractivity contribution in [2.75, 3.05) is 5.32 Å². The molecule has 29 heavy (non-hydrogen) atoms. The topological polar surface area (TPSA) is 12.0 Å². The van der Waals surface area contributed by atoms with Crippen molar-refractivity contribution in [1.29, 1.82) is 0 Å². The van der Waals surface area contributed by atoms with Crippen molar-refractivity contribution in [2.45, 2.75) is 0 Å². The van der Waals surface area contributed by atoms with Gasteiger partial charge in [-0.05, 0) is 34.2 Å². The molecule has 0 saturated carbocycles. The van der Waals surface area contributed by atoms with Crippen LogP contribution in [0.3, 0.4) is 0 Å². The van der Waals surface area contributed by atoms with Gasteiger partial charge in [0.05, 0.1) is 0 Å². The summed E-state index contributed by atoms with van der Waals surface area (Å²) in [4.78, 5) is 0. The quantitative estimate of drug-likeness (QED) is 0.338. The van der Waals surface area contributed by atoms with Crippen LogP contribution < -0.4 is 5.32 Å². The number of hydrogen-bond donors (Lipinski definition) is 1. The minimum Gasteiger partial charge on any atom is -0.355 e. The van der Waals surface area contributed by atoms with Gasteiger partial charge >= 0.3 is 0 Å². The Labute approximate surface area is 171 Å². The molecular formula is C28H21N. The smallest absolute Gasteiger partial charge is 0.0464 e. The molecule has 0 spiro atoms. The minimum absolute atomic E-state index is 1.11. The summed E-state index contributed by atoms with van der Waals surface area (Å²) in [5.74, 6) is 0. The molecule has 5 rings (SSSR count). The number of fused-ring (bicyclic) bond motifs is 1. The van der Waals surface area contributed by atoms with Crippen molar-refractivity contribution in [3.63, 3.8) is 0 Å². The Morgan fingerprint density at radius 2 is 0.897 bits per heavy atom. The first-order valence-electron chi connectivity index (χ1n) is 9.89. The highest BCUT2D eigenvalue weighted by molar-refractivity contribution is 6.04. The number of nitrogens with one attached hydrogen (secondary N) is 1. The second-order valence-corrected chi connectivity index (χ2v) is 7.11. The van der Waals surface area contributed by atoms with Crippen molar-refractivity contribution in [3.05, 3.63) is 121 Å². The molecule has 0 atom stereocenters. The Morgan fingerprint density at radius 3 is 1.62 bits per heavy atom. The maximum atomic E-state index is 3.69. The molecule has 5 aromatic rings. The van der Waals surface area contributed by atoms with Gasteiger partial charge in [0.25, 0.3) is 0 Å². The number of anilines is 2. The Morgan fingerprint density at radius 1 is 0.345 bits per heavy atom. The second kappa shape index (κ2) is 7.65. The first-order chi connectivity index (χ1) is 14.4. The molecule has 0 aliphatic rings. The molecule has 0 aliphatic heterocycles. The normalized spacial score (nSPS) is 10.8. The van der Waals surface area contributed by atoms with E-state index in [0.29, 0.717) is 0 Å². The lowest BCUT2D eigenvalue weighted by molar-refractivity contribution is 1.55. The minimum atomic E-state index is 1.11. The van der Waals surface area contributed by atoms with E-state index in [-0.39, 0.29) is 0 Å². The number of hydrogen-bond acceptors (Lipinski definition) is 1. The van der Waals surface area contributed by atoms with Crippen LogP contribution in [0.25, 0.3) is 33.0 Å². The van der Waals surface area contributed by atoms with Crippen LogP contribution in [-0.2, 0) is 0 Å². The van der Waals surface area contributed by atoms with Gasteiger partial charge in [-0.25, -0.2) is 0 Å². The van der Waals surface area contributed by atoms with Crippen molar-refractivity contribution in [1.82, 2.24) is 0 Å². The van der Waals surface area contributed by atoms with Crippen LogP contribution in [0.5, 0.6) is 0 Å². The van der Waals surface area contributed by atoms with E-state index in [9.17, 15) is 0 Å². The lowest BCUT2D eigenvalue weighted by Gasteiger charge is -2.16. The molecule has 0 amide bonds. The van der Waals surface area contributed by atoms with Gasteiger partial charge in [-0.2, -0.15) is 0 Å². The lowest BCUT2D eigenvalue weighted by Crippen LogP contribution is -1.95. The molecule has 0 saturated heterocycles. The van der Waals surface area contributed by atoms with Gasteiger partial charge in [-0.15, -0.1) is 0 Å². The molecule has 5 aromatic carbocycles. The van der Waals surface area contributed by atoms with Gasteiger partial charge in [0.15, 0.2) is 0 Å². The second-order valence-electron chi connectivity index (χ2n) is 7.11. The van der Waals surface area contributed by atoms with Gasteiger partial charge < -0.3 is 5.32 Å². The molecule has 0 fully saturated rings. The molecule has 0 unspecified atom stereocenters. The zero-order valence-electron chi connectivity index (χ0n) is 16.0. The van der Waals surface area contributed by atoms with E-state index >= 15 is 0 Å². The highest BCUT2D eigenvalue weighted by Gasteiger charge is 2.10. The average molecular weight is 371 g/mol. The average Bonchev–Trinajstić information content (AvgIpc) is 2.81. The highest BCUT2D eigenvalue weighted by atomic mass is 14.9. The maximum Gasteiger partial charge on any atom is 0.0464 e. The van der Waals surface area contributed by atoms with Crippen LogP contribution in [0.4, 0.5) is 11.4 Å². The van der Waals surface area contributed by atoms with Crippen molar-refractivity contribution in [3.8, 4) is 22.3 Å². The Balaban J connectivity index is 1.62. The van der Waals surface area contributed by atoms with Crippen LogP contribution in [0.15, 0.2) is 121 Å². The predicted molar refractivity (Wildman–Crippen MR) is 125 cm³/mol. The van der Waals surface area contributed by atoms with E-state index in [1.165, 1.54) is 33.0 Å². The zero-order chi connectivity index (χ0) is 19.5. The Kier molecular flexibility index (Phi) is 4.56.